The van der Waals surface area contributed by atoms with Gasteiger partial charge >= 0.3 is 5.97 Å². The molecule has 28 heavy (non-hydrogen) atoms. The molecule has 1 aromatic carbocycles. The third-order valence-electron chi connectivity index (χ3n) is 5.06. The topological polar surface area (TPSA) is 79.5 Å². The highest BCUT2D eigenvalue weighted by Crippen LogP contribution is 2.21. The lowest BCUT2D eigenvalue weighted by molar-refractivity contribution is -0.137. The fourth-order valence-corrected chi connectivity index (χ4v) is 3.32. The van der Waals surface area contributed by atoms with E-state index in [0.29, 0.717) is 12.4 Å². The Kier molecular flexibility index (Phi) is 8.45. The molecule has 0 saturated carbocycles. The number of rotatable bonds is 11. The van der Waals surface area contributed by atoms with Crippen LogP contribution < -0.4 is 5.73 Å². The number of nitrogens with two attached hydrogens (primary N) is 1. The Morgan fingerprint density at radius 3 is 2.46 bits per heavy atom. The smallest absolute Gasteiger partial charge is 0.304 e. The van der Waals surface area contributed by atoms with Crippen molar-refractivity contribution >= 4 is 11.8 Å². The molecular weight excluding hydrogens is 350 g/mol. The highest BCUT2D eigenvalue weighted by Gasteiger charge is 2.09. The van der Waals surface area contributed by atoms with Crippen LogP contribution in [0, 0.1) is 6.92 Å². The van der Waals surface area contributed by atoms with Crippen LogP contribution in [0.3, 0.4) is 0 Å². The van der Waals surface area contributed by atoms with Crippen LogP contribution >= 0.6 is 0 Å². The molecule has 1 aromatic heterocycles. The summed E-state index contributed by atoms with van der Waals surface area (Å²) in [6, 6.07) is 10.8. The Bertz CT molecular complexity index is 772. The monoisotopic (exact) mass is 383 g/mol. The molecule has 0 spiro atoms. The van der Waals surface area contributed by atoms with E-state index in [1.807, 2.05) is 18.9 Å². The van der Waals surface area contributed by atoms with Gasteiger partial charge in [-0.25, -0.2) is 4.98 Å². The molecule has 0 aliphatic rings. The van der Waals surface area contributed by atoms with Crippen molar-refractivity contribution in [3.05, 3.63) is 58.3 Å². The molecule has 0 radical (unpaired) electrons. The van der Waals surface area contributed by atoms with Crippen molar-refractivity contribution in [2.24, 2.45) is 0 Å². The van der Waals surface area contributed by atoms with Crippen molar-refractivity contribution in [3.8, 4) is 0 Å². The minimum absolute atomic E-state index is 0.165. The third kappa shape index (κ3) is 6.97. The van der Waals surface area contributed by atoms with Gasteiger partial charge in [0.05, 0.1) is 6.42 Å². The summed E-state index contributed by atoms with van der Waals surface area (Å²) >= 11 is 0. The van der Waals surface area contributed by atoms with Gasteiger partial charge in [-0.3, -0.25) is 4.79 Å². The predicted octanol–water partition coefficient (Wildman–Crippen LogP) is 4.20. The lowest BCUT2D eigenvalue weighted by atomic mass is 9.99. The first kappa shape index (κ1) is 21.9. The molecule has 3 N–H and O–H groups in total. The molecule has 2 rings (SSSR count). The minimum Gasteiger partial charge on any atom is -0.481 e. The van der Waals surface area contributed by atoms with Crippen LogP contribution in [0.2, 0.25) is 0 Å². The molecule has 2 aromatic rings. The van der Waals surface area contributed by atoms with E-state index in [9.17, 15) is 4.79 Å². The highest BCUT2D eigenvalue weighted by atomic mass is 16.4. The molecule has 0 fully saturated rings. The van der Waals surface area contributed by atoms with Crippen molar-refractivity contribution in [3.63, 3.8) is 0 Å². The van der Waals surface area contributed by atoms with Gasteiger partial charge in [-0.05, 0) is 55.5 Å². The van der Waals surface area contributed by atoms with E-state index in [1.54, 1.807) is 0 Å². The number of nitrogen functional groups attached to an aromatic ring is 1. The maximum atomic E-state index is 10.7. The Morgan fingerprint density at radius 2 is 1.82 bits per heavy atom. The average molecular weight is 384 g/mol. The zero-order chi connectivity index (χ0) is 20.5. The van der Waals surface area contributed by atoms with E-state index in [0.717, 1.165) is 37.1 Å². The molecule has 0 atom stereocenters. The second kappa shape index (κ2) is 10.8. The third-order valence-corrected chi connectivity index (χ3v) is 5.06. The number of pyridine rings is 1. The number of aliphatic carboxylic acids is 1. The zero-order valence-corrected chi connectivity index (χ0v) is 17.4. The first-order valence-corrected chi connectivity index (χ1v) is 10.1. The molecule has 5 nitrogen and oxygen atoms in total. The number of unbranched alkanes of at least 4 members (excludes halogenated alkanes) is 2. The maximum Gasteiger partial charge on any atom is 0.304 e. The quantitative estimate of drug-likeness (QED) is 0.569. The van der Waals surface area contributed by atoms with Crippen LogP contribution in [-0.4, -0.2) is 34.6 Å². The van der Waals surface area contributed by atoms with E-state index < -0.39 is 5.97 Å². The van der Waals surface area contributed by atoms with Crippen LogP contribution in [-0.2, 0) is 24.2 Å². The van der Waals surface area contributed by atoms with Gasteiger partial charge in [0, 0.05) is 18.8 Å². The normalized spacial score (nSPS) is 11.1. The fraction of sp³-hybridized carbons (Fsp3) is 0.478. The molecular formula is C23H33N3O2. The highest BCUT2D eigenvalue weighted by molar-refractivity contribution is 5.66. The largest absolute Gasteiger partial charge is 0.481 e. The lowest BCUT2D eigenvalue weighted by Crippen LogP contribution is -2.21. The summed E-state index contributed by atoms with van der Waals surface area (Å²) in [6.07, 6.45) is 5.55. The van der Waals surface area contributed by atoms with E-state index >= 15 is 0 Å². The maximum absolute atomic E-state index is 10.7. The number of hydrogen-bond donors (Lipinski definition) is 2. The van der Waals surface area contributed by atoms with Crippen LogP contribution in [0.5, 0.6) is 0 Å². The predicted molar refractivity (Wildman–Crippen MR) is 114 cm³/mol. The summed E-state index contributed by atoms with van der Waals surface area (Å²) in [5.41, 5.74) is 11.9. The van der Waals surface area contributed by atoms with Crippen LogP contribution in [0.4, 0.5) is 5.82 Å². The van der Waals surface area contributed by atoms with Gasteiger partial charge in [0.2, 0.25) is 0 Å². The van der Waals surface area contributed by atoms with Crippen LogP contribution in [0.1, 0.15) is 60.6 Å². The number of carboxylic acid groups (broad SMARTS) is 1. The Hall–Kier alpha value is -2.40. The van der Waals surface area contributed by atoms with Crippen LogP contribution in [0.25, 0.3) is 0 Å². The van der Waals surface area contributed by atoms with Gasteiger partial charge < -0.3 is 15.7 Å². The zero-order valence-electron chi connectivity index (χ0n) is 17.4. The fourth-order valence-electron chi connectivity index (χ4n) is 3.32. The molecule has 5 heteroatoms. The number of nitrogens with zero attached hydrogens (tertiary/aromatic N) is 2. The summed E-state index contributed by atoms with van der Waals surface area (Å²) in [4.78, 5) is 17.3. The number of aromatic nitrogens is 1. The standard InChI is InChI=1S/C23H33N3O2/c1-4-5-6-7-20-15-21(17(2)25-23(20)24)14-18-8-10-19(11-9-18)16-26(3)13-12-22(27)28/h8-11,15H,4-7,12-14,16H2,1-3H3,(H2,24,25)(H,27,28). The van der Waals surface area contributed by atoms with Crippen LogP contribution in [0.15, 0.2) is 30.3 Å². The summed E-state index contributed by atoms with van der Waals surface area (Å²) in [5, 5.41) is 8.78. The second-order valence-corrected chi connectivity index (χ2v) is 7.61. The van der Waals surface area contributed by atoms with E-state index in [1.165, 1.54) is 29.5 Å². The van der Waals surface area contributed by atoms with Gasteiger partial charge in [-0.15, -0.1) is 0 Å². The molecule has 0 amide bonds. The van der Waals surface area contributed by atoms with E-state index in [2.05, 4.69) is 42.2 Å². The number of hydrogen-bond acceptors (Lipinski definition) is 4. The van der Waals surface area contributed by atoms with Crippen molar-refractivity contribution in [2.45, 2.75) is 58.9 Å². The van der Waals surface area contributed by atoms with E-state index in [4.69, 9.17) is 10.8 Å². The molecule has 1 heterocycles. The molecule has 0 unspecified atom stereocenters. The summed E-state index contributed by atoms with van der Waals surface area (Å²) in [5.74, 6) is -0.0964. The number of carbonyl (C=O) groups is 1. The van der Waals surface area contributed by atoms with Crippen molar-refractivity contribution < 1.29 is 9.90 Å². The minimum atomic E-state index is -0.760. The van der Waals surface area contributed by atoms with E-state index in [-0.39, 0.29) is 6.42 Å². The average Bonchev–Trinajstić information content (AvgIpc) is 2.65. The molecule has 0 bridgehead atoms. The number of aryl methyl sites for hydroxylation is 2. The molecule has 0 aliphatic carbocycles. The van der Waals surface area contributed by atoms with Gasteiger partial charge in [0.1, 0.15) is 5.82 Å². The number of carboxylic acids is 1. The lowest BCUT2D eigenvalue weighted by Gasteiger charge is -2.16. The number of benzene rings is 1. The molecule has 0 saturated heterocycles. The first-order chi connectivity index (χ1) is 13.4. The Morgan fingerprint density at radius 1 is 1.14 bits per heavy atom. The van der Waals surface area contributed by atoms with Gasteiger partial charge in [-0.1, -0.05) is 50.1 Å². The summed E-state index contributed by atoms with van der Waals surface area (Å²) in [6.45, 7) is 5.52. The summed E-state index contributed by atoms with van der Waals surface area (Å²) in [7, 11) is 1.94. The SMILES string of the molecule is CCCCCc1cc(Cc2ccc(CN(C)CCC(=O)O)cc2)c(C)nc1N. The van der Waals surface area contributed by atoms with Crippen molar-refractivity contribution in [1.29, 1.82) is 0 Å². The summed E-state index contributed by atoms with van der Waals surface area (Å²) < 4.78 is 0. The van der Waals surface area contributed by atoms with Gasteiger partial charge in [-0.2, -0.15) is 0 Å². The number of anilines is 1. The van der Waals surface area contributed by atoms with Gasteiger partial charge in [0.25, 0.3) is 0 Å². The Balaban J connectivity index is 2.01. The Labute approximate surface area is 168 Å². The van der Waals surface area contributed by atoms with Crippen molar-refractivity contribution in [1.82, 2.24) is 9.88 Å². The first-order valence-electron chi connectivity index (χ1n) is 10.1. The molecule has 152 valence electrons. The molecule has 0 aliphatic heterocycles. The van der Waals surface area contributed by atoms with Crippen molar-refractivity contribution in [2.75, 3.05) is 19.3 Å². The van der Waals surface area contributed by atoms with Gasteiger partial charge in [0.15, 0.2) is 0 Å². The second-order valence-electron chi connectivity index (χ2n) is 7.61.